The van der Waals surface area contributed by atoms with Crippen molar-refractivity contribution >= 4 is 0 Å². The molecule has 0 unspecified atom stereocenters. The summed E-state index contributed by atoms with van der Waals surface area (Å²) >= 11 is 0. The van der Waals surface area contributed by atoms with E-state index in [0.717, 1.165) is 17.7 Å². The average Bonchev–Trinajstić information content (AvgIpc) is 2.40. The van der Waals surface area contributed by atoms with E-state index in [4.69, 9.17) is 0 Å². The molecule has 1 heteroatoms. The number of rotatable bonds is 3. The molecule has 0 spiro atoms. The van der Waals surface area contributed by atoms with E-state index in [-0.39, 0.29) is 0 Å². The third-order valence-electron chi connectivity index (χ3n) is 2.37. The van der Waals surface area contributed by atoms with E-state index in [2.05, 4.69) is 45.0 Å². The molecule has 0 bridgehead atoms. The van der Waals surface area contributed by atoms with E-state index in [1.54, 1.807) is 6.08 Å². The number of nitrogens with zero attached hydrogens (tertiary/aromatic N) is 1. The fourth-order valence-electron chi connectivity index (χ4n) is 1.06. The Hall–Kier alpha value is -1.37. The van der Waals surface area contributed by atoms with Crippen LogP contribution in [0.3, 0.4) is 0 Å². The van der Waals surface area contributed by atoms with Gasteiger partial charge in [0.2, 0.25) is 0 Å². The molecular formula is C17H29N. The van der Waals surface area contributed by atoms with Gasteiger partial charge in [0.25, 0.3) is 0 Å². The van der Waals surface area contributed by atoms with Gasteiger partial charge in [-0.05, 0) is 37.0 Å². The summed E-state index contributed by atoms with van der Waals surface area (Å²) in [6, 6.07) is 4.16. The Morgan fingerprint density at radius 3 is 2.17 bits per heavy atom. The van der Waals surface area contributed by atoms with Crippen LogP contribution in [-0.2, 0) is 6.42 Å². The maximum absolute atomic E-state index is 4.09. The van der Waals surface area contributed by atoms with Crippen LogP contribution in [0.2, 0.25) is 0 Å². The lowest BCUT2D eigenvalue weighted by atomic mass is 10.1. The van der Waals surface area contributed by atoms with E-state index in [1.807, 2.05) is 33.0 Å². The lowest BCUT2D eigenvalue weighted by Gasteiger charge is -1.99. The van der Waals surface area contributed by atoms with Crippen molar-refractivity contribution in [1.29, 1.82) is 0 Å². The van der Waals surface area contributed by atoms with Crippen molar-refractivity contribution in [2.45, 2.75) is 48.0 Å². The zero-order chi connectivity index (χ0) is 14.6. The highest BCUT2D eigenvalue weighted by Crippen LogP contribution is 2.05. The minimum absolute atomic E-state index is 0.553. The second kappa shape index (κ2) is 12.1. The van der Waals surface area contributed by atoms with Crippen molar-refractivity contribution in [3.8, 4) is 0 Å². The summed E-state index contributed by atoms with van der Waals surface area (Å²) in [6.07, 6.45) is 4.75. The molecule has 0 saturated carbocycles. The van der Waals surface area contributed by atoms with Gasteiger partial charge in [0, 0.05) is 11.9 Å². The van der Waals surface area contributed by atoms with E-state index in [0.29, 0.717) is 5.92 Å². The van der Waals surface area contributed by atoms with Gasteiger partial charge in [-0.25, -0.2) is 0 Å². The third kappa shape index (κ3) is 9.83. The Labute approximate surface area is 114 Å². The quantitative estimate of drug-likeness (QED) is 0.655. The monoisotopic (exact) mass is 247 g/mol. The fourth-order valence-corrected chi connectivity index (χ4v) is 1.06. The lowest BCUT2D eigenvalue weighted by molar-refractivity contribution is 0.796. The summed E-state index contributed by atoms with van der Waals surface area (Å²) in [7, 11) is 0. The van der Waals surface area contributed by atoms with Gasteiger partial charge < -0.3 is 0 Å². The van der Waals surface area contributed by atoms with Crippen LogP contribution in [0.25, 0.3) is 0 Å². The second-order valence-electron chi connectivity index (χ2n) is 4.09. The van der Waals surface area contributed by atoms with Crippen LogP contribution >= 0.6 is 0 Å². The first-order valence-electron chi connectivity index (χ1n) is 6.74. The van der Waals surface area contributed by atoms with Gasteiger partial charge in [0.1, 0.15) is 0 Å². The van der Waals surface area contributed by atoms with Crippen LogP contribution in [0.1, 0.15) is 45.9 Å². The molecule has 1 heterocycles. The van der Waals surface area contributed by atoms with Gasteiger partial charge in [-0.3, -0.25) is 4.98 Å². The molecule has 1 rings (SSSR count). The normalized spacial score (nSPS) is 8.61. The van der Waals surface area contributed by atoms with E-state index in [1.165, 1.54) is 5.56 Å². The molecule has 1 aromatic heterocycles. The van der Waals surface area contributed by atoms with Crippen LogP contribution in [0.5, 0.6) is 0 Å². The molecule has 0 amide bonds. The highest BCUT2D eigenvalue weighted by atomic mass is 14.6. The smallest absolute Gasteiger partial charge is 0.0375 e. The van der Waals surface area contributed by atoms with E-state index >= 15 is 0 Å². The molecule has 0 aliphatic carbocycles. The second-order valence-corrected chi connectivity index (χ2v) is 4.09. The summed E-state index contributed by atoms with van der Waals surface area (Å²) in [5.74, 6) is 0.553. The molecule has 0 saturated heterocycles. The third-order valence-corrected chi connectivity index (χ3v) is 2.37. The van der Waals surface area contributed by atoms with Crippen LogP contribution in [0.4, 0.5) is 0 Å². The Kier molecular flexibility index (Phi) is 12.8. The molecule has 102 valence electrons. The predicted molar refractivity (Wildman–Crippen MR) is 83.9 cm³/mol. The number of hydrogen-bond donors (Lipinski definition) is 0. The summed E-state index contributed by atoms with van der Waals surface area (Å²) in [4.78, 5) is 4.09. The zero-order valence-electron chi connectivity index (χ0n) is 13.0. The van der Waals surface area contributed by atoms with Crippen molar-refractivity contribution in [2.75, 3.05) is 0 Å². The molecule has 0 atom stereocenters. The SMILES string of the molecule is C=CC(=C)C(C)C.CC.CCc1ccnc(C)c1. The molecule has 0 fully saturated rings. The van der Waals surface area contributed by atoms with Gasteiger partial charge in [-0.15, -0.1) is 0 Å². The Morgan fingerprint density at radius 2 is 1.94 bits per heavy atom. The van der Waals surface area contributed by atoms with Crippen LogP contribution < -0.4 is 0 Å². The van der Waals surface area contributed by atoms with Crippen molar-refractivity contribution in [3.05, 3.63) is 54.4 Å². The molecule has 1 aromatic rings. The minimum atomic E-state index is 0.553. The maximum Gasteiger partial charge on any atom is 0.0375 e. The topological polar surface area (TPSA) is 12.9 Å². The summed E-state index contributed by atoms with van der Waals surface area (Å²) < 4.78 is 0. The van der Waals surface area contributed by atoms with Gasteiger partial charge in [0.15, 0.2) is 0 Å². The van der Waals surface area contributed by atoms with Gasteiger partial charge in [-0.1, -0.05) is 59.4 Å². The van der Waals surface area contributed by atoms with Crippen molar-refractivity contribution < 1.29 is 0 Å². The van der Waals surface area contributed by atoms with Gasteiger partial charge in [-0.2, -0.15) is 0 Å². The van der Waals surface area contributed by atoms with Crippen LogP contribution in [-0.4, -0.2) is 4.98 Å². The van der Waals surface area contributed by atoms with Gasteiger partial charge >= 0.3 is 0 Å². The number of aromatic nitrogens is 1. The minimum Gasteiger partial charge on any atom is -0.262 e. The highest BCUT2D eigenvalue weighted by Gasteiger charge is 1.90. The lowest BCUT2D eigenvalue weighted by Crippen LogP contribution is -1.85. The van der Waals surface area contributed by atoms with Crippen molar-refractivity contribution in [3.63, 3.8) is 0 Å². The number of aryl methyl sites for hydroxylation is 2. The van der Waals surface area contributed by atoms with E-state index < -0.39 is 0 Å². The summed E-state index contributed by atoms with van der Waals surface area (Å²) in [5, 5.41) is 0. The first kappa shape index (κ1) is 19.0. The largest absolute Gasteiger partial charge is 0.262 e. The Balaban J connectivity index is 0. The standard InChI is InChI=1S/C8H11N.C7H12.C2H6/c1-3-8-4-5-9-7(2)6-8;1-5-7(4)6(2)3;1-2/h4-6H,3H2,1-2H3;5-6H,1,4H2,2-3H3;1-2H3. The summed E-state index contributed by atoms with van der Waals surface area (Å²) in [5.41, 5.74) is 3.58. The van der Waals surface area contributed by atoms with Crippen LogP contribution in [0.15, 0.2) is 43.1 Å². The first-order chi connectivity index (χ1) is 8.51. The van der Waals surface area contributed by atoms with Crippen LogP contribution in [0, 0.1) is 12.8 Å². The molecule has 0 aromatic carbocycles. The number of hydrogen-bond acceptors (Lipinski definition) is 1. The van der Waals surface area contributed by atoms with Gasteiger partial charge in [0.05, 0.1) is 0 Å². The molecule has 0 aliphatic rings. The molecule has 0 N–H and O–H groups in total. The summed E-state index contributed by atoms with van der Waals surface area (Å²) in [6.45, 7) is 19.7. The zero-order valence-corrected chi connectivity index (χ0v) is 13.0. The fraction of sp³-hybridized carbons (Fsp3) is 0.471. The molecular weight excluding hydrogens is 218 g/mol. The Morgan fingerprint density at radius 1 is 1.39 bits per heavy atom. The predicted octanol–water partition coefficient (Wildman–Crippen LogP) is 5.36. The molecule has 18 heavy (non-hydrogen) atoms. The first-order valence-corrected chi connectivity index (χ1v) is 6.74. The number of allylic oxidation sites excluding steroid dienone is 2. The Bertz CT molecular complexity index is 337. The average molecular weight is 247 g/mol. The van der Waals surface area contributed by atoms with Crippen molar-refractivity contribution in [2.24, 2.45) is 5.92 Å². The highest BCUT2D eigenvalue weighted by molar-refractivity contribution is 5.14. The molecule has 0 radical (unpaired) electrons. The molecule has 1 nitrogen and oxygen atoms in total. The van der Waals surface area contributed by atoms with Crippen molar-refractivity contribution in [1.82, 2.24) is 4.98 Å². The maximum atomic E-state index is 4.09. The number of pyridine rings is 1. The van der Waals surface area contributed by atoms with E-state index in [9.17, 15) is 0 Å². The molecule has 0 aliphatic heterocycles.